The van der Waals surface area contributed by atoms with Gasteiger partial charge in [0.1, 0.15) is 24.2 Å². The molecule has 1 aliphatic heterocycles. The van der Waals surface area contributed by atoms with E-state index in [0.29, 0.717) is 48.7 Å². The van der Waals surface area contributed by atoms with Crippen LogP contribution in [0.2, 0.25) is 0 Å². The van der Waals surface area contributed by atoms with Crippen LogP contribution in [-0.4, -0.2) is 43.6 Å². The molecular formula is C34H44O7. The molecule has 41 heavy (non-hydrogen) atoms. The number of hydrogen-bond donors (Lipinski definition) is 0. The van der Waals surface area contributed by atoms with Crippen molar-refractivity contribution in [3.8, 4) is 5.75 Å². The van der Waals surface area contributed by atoms with Crippen molar-refractivity contribution in [2.75, 3.05) is 19.8 Å². The monoisotopic (exact) mass is 564 g/mol. The number of rotatable bonds is 17. The summed E-state index contributed by atoms with van der Waals surface area (Å²) in [5.74, 6) is -0.289. The van der Waals surface area contributed by atoms with E-state index in [9.17, 15) is 14.4 Å². The number of epoxide rings is 1. The summed E-state index contributed by atoms with van der Waals surface area (Å²) in [4.78, 5) is 39.1. The van der Waals surface area contributed by atoms with Crippen molar-refractivity contribution in [1.29, 1.82) is 0 Å². The minimum absolute atomic E-state index is 0.0280. The second-order valence-electron chi connectivity index (χ2n) is 11.7. The quantitative estimate of drug-likeness (QED) is 0.0676. The van der Waals surface area contributed by atoms with Gasteiger partial charge in [-0.25, -0.2) is 0 Å². The van der Waals surface area contributed by atoms with Crippen molar-refractivity contribution in [3.05, 3.63) is 78.1 Å². The lowest BCUT2D eigenvalue weighted by atomic mass is 9.72. The van der Waals surface area contributed by atoms with Gasteiger partial charge in [-0.3, -0.25) is 14.4 Å². The third kappa shape index (κ3) is 9.28. The molecular weight excluding hydrogens is 520 g/mol. The van der Waals surface area contributed by atoms with Crippen LogP contribution in [0.15, 0.2) is 66.9 Å². The molecule has 0 bridgehead atoms. The van der Waals surface area contributed by atoms with Crippen LogP contribution in [0.1, 0.15) is 82.6 Å². The summed E-state index contributed by atoms with van der Waals surface area (Å²) < 4.78 is 22.4. The number of unbranched alkanes of at least 4 members (excludes halogenated alkanes) is 1. The Morgan fingerprint density at radius 2 is 1.59 bits per heavy atom. The predicted molar refractivity (Wildman–Crippen MR) is 158 cm³/mol. The standard InChI is InChI=1S/C34H44O7/c1-7-9-19-38-31(36)27(21-34(6,8-2)32(37)40-23-29-22-39-29)20-33(4,5)24(3)41-28-17-15-26(16-18-28)30(35)25-13-11-10-12-14-25/h10-18,27,29H,3,7-9,19-23H2,1-2,4-6H3. The maximum atomic E-state index is 13.3. The Hall–Kier alpha value is -3.45. The zero-order chi connectivity index (χ0) is 30.0. The number of benzene rings is 2. The first-order chi connectivity index (χ1) is 19.5. The van der Waals surface area contributed by atoms with Crippen LogP contribution in [0, 0.1) is 16.7 Å². The molecule has 3 atom stereocenters. The molecule has 0 amide bonds. The molecule has 0 radical (unpaired) electrons. The molecule has 0 N–H and O–H groups in total. The third-order valence-corrected chi connectivity index (χ3v) is 7.75. The van der Waals surface area contributed by atoms with Gasteiger partial charge in [0.25, 0.3) is 0 Å². The van der Waals surface area contributed by atoms with Gasteiger partial charge in [-0.15, -0.1) is 0 Å². The van der Waals surface area contributed by atoms with Gasteiger partial charge in [0.2, 0.25) is 0 Å². The van der Waals surface area contributed by atoms with Crippen LogP contribution in [0.25, 0.3) is 0 Å². The van der Waals surface area contributed by atoms with Crippen LogP contribution in [0.5, 0.6) is 5.75 Å². The number of allylic oxidation sites excluding steroid dienone is 1. The maximum Gasteiger partial charge on any atom is 0.311 e. The van der Waals surface area contributed by atoms with Gasteiger partial charge in [-0.1, -0.05) is 71.0 Å². The SMILES string of the molecule is C=C(Oc1ccc(C(=O)c2ccccc2)cc1)C(C)(C)CC(CC(C)(CC)C(=O)OCC1CO1)C(=O)OCCCC. The van der Waals surface area contributed by atoms with Crippen molar-refractivity contribution >= 4 is 17.7 Å². The van der Waals surface area contributed by atoms with Gasteiger partial charge in [0.15, 0.2) is 5.78 Å². The first kappa shape index (κ1) is 32.1. The normalized spacial score (nSPS) is 16.7. The first-order valence-corrected chi connectivity index (χ1v) is 14.5. The Morgan fingerprint density at radius 3 is 2.17 bits per heavy atom. The molecule has 7 nitrogen and oxygen atoms in total. The van der Waals surface area contributed by atoms with Gasteiger partial charge in [0, 0.05) is 16.5 Å². The lowest BCUT2D eigenvalue weighted by Gasteiger charge is -2.34. The van der Waals surface area contributed by atoms with E-state index >= 15 is 0 Å². The number of ketones is 1. The molecule has 0 aromatic heterocycles. The fourth-order valence-corrected chi connectivity index (χ4v) is 4.54. The van der Waals surface area contributed by atoms with E-state index in [0.717, 1.165) is 12.8 Å². The Labute approximate surface area is 244 Å². The van der Waals surface area contributed by atoms with E-state index in [4.69, 9.17) is 18.9 Å². The number of carbonyl (C=O) groups excluding carboxylic acids is 3. The number of ether oxygens (including phenoxy) is 4. The maximum absolute atomic E-state index is 13.3. The Morgan fingerprint density at radius 1 is 0.951 bits per heavy atom. The van der Waals surface area contributed by atoms with Crippen molar-refractivity contribution in [1.82, 2.24) is 0 Å². The topological polar surface area (TPSA) is 91.4 Å². The van der Waals surface area contributed by atoms with E-state index in [1.807, 2.05) is 52.8 Å². The molecule has 0 saturated carbocycles. The highest BCUT2D eigenvalue weighted by Crippen LogP contribution is 2.41. The summed E-state index contributed by atoms with van der Waals surface area (Å²) in [6, 6.07) is 16.0. The van der Waals surface area contributed by atoms with Crippen molar-refractivity contribution in [2.24, 2.45) is 16.7 Å². The van der Waals surface area contributed by atoms with Crippen molar-refractivity contribution in [2.45, 2.75) is 72.8 Å². The Balaban J connectivity index is 1.70. The van der Waals surface area contributed by atoms with E-state index in [2.05, 4.69) is 6.58 Å². The minimum Gasteiger partial charge on any atom is -0.465 e. The third-order valence-electron chi connectivity index (χ3n) is 7.75. The zero-order valence-electron chi connectivity index (χ0n) is 25.1. The minimum atomic E-state index is -0.858. The number of hydrogen-bond acceptors (Lipinski definition) is 7. The van der Waals surface area contributed by atoms with Crippen LogP contribution in [-0.2, 0) is 23.8 Å². The van der Waals surface area contributed by atoms with E-state index in [1.165, 1.54) is 0 Å². The van der Waals surface area contributed by atoms with Crippen LogP contribution >= 0.6 is 0 Å². The number of carbonyl (C=O) groups is 3. The molecule has 1 heterocycles. The lowest BCUT2D eigenvalue weighted by Crippen LogP contribution is -2.37. The number of esters is 2. The molecule has 2 aromatic rings. The molecule has 0 spiro atoms. The van der Waals surface area contributed by atoms with Gasteiger partial charge >= 0.3 is 11.9 Å². The lowest BCUT2D eigenvalue weighted by molar-refractivity contribution is -0.160. The highest BCUT2D eigenvalue weighted by molar-refractivity contribution is 6.09. The summed E-state index contributed by atoms with van der Waals surface area (Å²) in [5.41, 5.74) is -0.314. The second-order valence-corrected chi connectivity index (χ2v) is 11.7. The Bertz CT molecular complexity index is 1180. The second kappa shape index (κ2) is 14.4. The molecule has 7 heteroatoms. The van der Waals surface area contributed by atoms with Crippen LogP contribution in [0.4, 0.5) is 0 Å². The summed E-state index contributed by atoms with van der Waals surface area (Å²) in [6.45, 7) is 15.1. The van der Waals surface area contributed by atoms with Crippen molar-refractivity contribution in [3.63, 3.8) is 0 Å². The van der Waals surface area contributed by atoms with Crippen LogP contribution in [0.3, 0.4) is 0 Å². The molecule has 2 aromatic carbocycles. The Kier molecular flexibility index (Phi) is 11.3. The summed E-state index contributed by atoms with van der Waals surface area (Å²) in [6.07, 6.45) is 2.82. The van der Waals surface area contributed by atoms with E-state index in [-0.39, 0.29) is 36.9 Å². The van der Waals surface area contributed by atoms with Gasteiger partial charge in [-0.05, 0) is 56.9 Å². The fourth-order valence-electron chi connectivity index (χ4n) is 4.54. The van der Waals surface area contributed by atoms with Gasteiger partial charge in [0.05, 0.1) is 24.5 Å². The van der Waals surface area contributed by atoms with E-state index in [1.54, 1.807) is 36.4 Å². The van der Waals surface area contributed by atoms with Gasteiger partial charge in [-0.2, -0.15) is 0 Å². The molecule has 0 aliphatic carbocycles. The van der Waals surface area contributed by atoms with Crippen LogP contribution < -0.4 is 4.74 Å². The molecule has 1 saturated heterocycles. The van der Waals surface area contributed by atoms with Crippen molar-refractivity contribution < 1.29 is 33.3 Å². The molecule has 222 valence electrons. The highest BCUT2D eigenvalue weighted by atomic mass is 16.6. The largest absolute Gasteiger partial charge is 0.465 e. The molecule has 1 fully saturated rings. The molecule has 3 unspecified atom stereocenters. The smallest absolute Gasteiger partial charge is 0.311 e. The summed E-state index contributed by atoms with van der Waals surface area (Å²) >= 11 is 0. The van der Waals surface area contributed by atoms with Gasteiger partial charge < -0.3 is 18.9 Å². The summed E-state index contributed by atoms with van der Waals surface area (Å²) in [5, 5.41) is 0. The average molecular weight is 565 g/mol. The molecule has 1 aliphatic rings. The highest BCUT2D eigenvalue weighted by Gasteiger charge is 2.42. The average Bonchev–Trinajstić information content (AvgIpc) is 3.80. The predicted octanol–water partition coefficient (Wildman–Crippen LogP) is 6.93. The first-order valence-electron chi connectivity index (χ1n) is 14.5. The fraction of sp³-hybridized carbons (Fsp3) is 0.500. The summed E-state index contributed by atoms with van der Waals surface area (Å²) in [7, 11) is 0. The van der Waals surface area contributed by atoms with E-state index < -0.39 is 16.7 Å². The molecule has 3 rings (SSSR count). The zero-order valence-corrected chi connectivity index (χ0v) is 25.1.